The van der Waals surface area contributed by atoms with Crippen LogP contribution < -0.4 is 11.1 Å². The summed E-state index contributed by atoms with van der Waals surface area (Å²) in [6, 6.07) is 4.20. The van der Waals surface area contributed by atoms with Crippen molar-refractivity contribution in [1.82, 2.24) is 0 Å². The lowest BCUT2D eigenvalue weighted by Gasteiger charge is -2.15. The van der Waals surface area contributed by atoms with Crippen LogP contribution in [0.4, 0.5) is 5.69 Å². The number of anilines is 1. The Morgan fingerprint density at radius 2 is 2.17 bits per heavy atom. The summed E-state index contributed by atoms with van der Waals surface area (Å²) < 4.78 is 0.542. The summed E-state index contributed by atoms with van der Waals surface area (Å²) in [4.78, 5) is 22.0. The van der Waals surface area contributed by atoms with Gasteiger partial charge >= 0.3 is 5.97 Å². The second-order valence-corrected chi connectivity index (χ2v) is 4.74. The monoisotopic (exact) mass is 314 g/mol. The molecule has 1 aromatic carbocycles. The standard InChI is InChI=1S/C12H15BrN2O3/c1-2-3-10(12(17)18)15-7-4-5-8(11(14)16)9(13)6-7/h4-6,10,15H,2-3H2,1H3,(H2,14,16)(H,17,18). The van der Waals surface area contributed by atoms with Crippen LogP contribution in [0.15, 0.2) is 22.7 Å². The van der Waals surface area contributed by atoms with E-state index in [-0.39, 0.29) is 0 Å². The quantitative estimate of drug-likeness (QED) is 0.750. The van der Waals surface area contributed by atoms with Crippen LogP contribution in [-0.4, -0.2) is 23.0 Å². The van der Waals surface area contributed by atoms with Gasteiger partial charge in [-0.1, -0.05) is 13.3 Å². The van der Waals surface area contributed by atoms with Crippen molar-refractivity contribution in [2.24, 2.45) is 5.73 Å². The van der Waals surface area contributed by atoms with Gasteiger partial charge in [0.05, 0.1) is 5.56 Å². The van der Waals surface area contributed by atoms with E-state index in [1.807, 2.05) is 6.92 Å². The molecule has 0 saturated carbocycles. The summed E-state index contributed by atoms with van der Waals surface area (Å²) in [6.45, 7) is 1.92. The molecule has 0 spiro atoms. The molecule has 1 rings (SSSR count). The number of carboxylic acid groups (broad SMARTS) is 1. The number of carbonyl (C=O) groups excluding carboxylic acids is 1. The predicted molar refractivity (Wildman–Crippen MR) is 72.6 cm³/mol. The molecule has 0 fully saturated rings. The largest absolute Gasteiger partial charge is 0.480 e. The first-order valence-corrected chi connectivity index (χ1v) is 6.33. The van der Waals surface area contributed by atoms with Crippen LogP contribution in [0.5, 0.6) is 0 Å². The third-order valence-corrected chi connectivity index (χ3v) is 3.11. The Morgan fingerprint density at radius 1 is 1.50 bits per heavy atom. The first kappa shape index (κ1) is 14.5. The van der Waals surface area contributed by atoms with Crippen molar-refractivity contribution in [1.29, 1.82) is 0 Å². The maximum atomic E-state index is 11.0. The highest BCUT2D eigenvalue weighted by Crippen LogP contribution is 2.22. The molecule has 5 nitrogen and oxygen atoms in total. The highest BCUT2D eigenvalue weighted by atomic mass is 79.9. The van der Waals surface area contributed by atoms with Gasteiger partial charge < -0.3 is 16.2 Å². The number of benzene rings is 1. The van der Waals surface area contributed by atoms with Crippen molar-refractivity contribution in [2.75, 3.05) is 5.32 Å². The fourth-order valence-electron chi connectivity index (χ4n) is 1.55. The average molecular weight is 315 g/mol. The number of nitrogens with two attached hydrogens (primary N) is 1. The zero-order valence-electron chi connectivity index (χ0n) is 9.94. The van der Waals surface area contributed by atoms with E-state index in [0.717, 1.165) is 6.42 Å². The van der Waals surface area contributed by atoms with Crippen LogP contribution in [0.1, 0.15) is 30.1 Å². The Kier molecular flexibility index (Phi) is 5.15. The Morgan fingerprint density at radius 3 is 2.61 bits per heavy atom. The van der Waals surface area contributed by atoms with E-state index in [9.17, 15) is 9.59 Å². The van der Waals surface area contributed by atoms with Crippen LogP contribution in [-0.2, 0) is 4.79 Å². The van der Waals surface area contributed by atoms with Crippen LogP contribution in [0.2, 0.25) is 0 Å². The fraction of sp³-hybridized carbons (Fsp3) is 0.333. The Balaban J connectivity index is 2.88. The van der Waals surface area contributed by atoms with Gasteiger partial charge in [0.25, 0.3) is 0 Å². The summed E-state index contributed by atoms with van der Waals surface area (Å²) in [6.07, 6.45) is 1.30. The molecule has 0 radical (unpaired) electrons. The first-order valence-electron chi connectivity index (χ1n) is 5.54. The molecule has 0 saturated heterocycles. The maximum Gasteiger partial charge on any atom is 0.326 e. The van der Waals surface area contributed by atoms with E-state index >= 15 is 0 Å². The van der Waals surface area contributed by atoms with Crippen molar-refractivity contribution < 1.29 is 14.7 Å². The molecule has 0 heterocycles. The van der Waals surface area contributed by atoms with Gasteiger partial charge in [0, 0.05) is 10.2 Å². The van der Waals surface area contributed by atoms with Gasteiger partial charge in [-0.2, -0.15) is 0 Å². The molecule has 1 amide bonds. The Labute approximate surface area is 113 Å². The molecule has 18 heavy (non-hydrogen) atoms. The van der Waals surface area contributed by atoms with Gasteiger partial charge in [0.15, 0.2) is 0 Å². The number of primary amides is 1. The maximum absolute atomic E-state index is 11.0. The molecule has 4 N–H and O–H groups in total. The Bertz CT molecular complexity index is 463. The number of carbonyl (C=O) groups is 2. The second-order valence-electron chi connectivity index (χ2n) is 3.88. The highest BCUT2D eigenvalue weighted by molar-refractivity contribution is 9.10. The van der Waals surface area contributed by atoms with E-state index in [1.165, 1.54) is 0 Å². The molecule has 0 aromatic heterocycles. The number of rotatable bonds is 6. The van der Waals surface area contributed by atoms with E-state index in [4.69, 9.17) is 10.8 Å². The highest BCUT2D eigenvalue weighted by Gasteiger charge is 2.16. The number of nitrogens with one attached hydrogen (secondary N) is 1. The topological polar surface area (TPSA) is 92.4 Å². The summed E-state index contributed by atoms with van der Waals surface area (Å²) >= 11 is 3.23. The van der Waals surface area contributed by atoms with Crippen LogP contribution in [0, 0.1) is 0 Å². The van der Waals surface area contributed by atoms with E-state index < -0.39 is 17.9 Å². The van der Waals surface area contributed by atoms with Crippen LogP contribution in [0.3, 0.4) is 0 Å². The summed E-state index contributed by atoms with van der Waals surface area (Å²) in [5.41, 5.74) is 6.17. The van der Waals surface area contributed by atoms with Crippen LogP contribution >= 0.6 is 15.9 Å². The fourth-order valence-corrected chi connectivity index (χ4v) is 2.13. The van der Waals surface area contributed by atoms with Gasteiger partial charge in [0.1, 0.15) is 6.04 Å². The lowest BCUT2D eigenvalue weighted by atomic mass is 10.1. The van der Waals surface area contributed by atoms with Crippen molar-refractivity contribution in [3.8, 4) is 0 Å². The van der Waals surface area contributed by atoms with E-state index in [0.29, 0.717) is 22.1 Å². The van der Waals surface area contributed by atoms with Gasteiger partial charge in [-0.25, -0.2) is 4.79 Å². The number of aliphatic carboxylic acids is 1. The minimum Gasteiger partial charge on any atom is -0.480 e. The molecular formula is C12H15BrN2O3. The third-order valence-electron chi connectivity index (χ3n) is 2.45. The van der Waals surface area contributed by atoms with Gasteiger partial charge in [0.2, 0.25) is 5.91 Å². The Hall–Kier alpha value is -1.56. The lowest BCUT2D eigenvalue weighted by Crippen LogP contribution is -2.29. The van der Waals surface area contributed by atoms with Gasteiger partial charge in [-0.05, 0) is 40.5 Å². The van der Waals surface area contributed by atoms with Crippen LogP contribution in [0.25, 0.3) is 0 Å². The third kappa shape index (κ3) is 3.73. The number of hydrogen-bond acceptors (Lipinski definition) is 3. The summed E-state index contributed by atoms with van der Waals surface area (Å²) in [7, 11) is 0. The number of amides is 1. The molecule has 1 unspecified atom stereocenters. The number of halogens is 1. The molecule has 1 aromatic rings. The van der Waals surface area contributed by atoms with Crippen molar-refractivity contribution >= 4 is 33.5 Å². The average Bonchev–Trinajstić information content (AvgIpc) is 2.27. The zero-order chi connectivity index (χ0) is 13.7. The SMILES string of the molecule is CCCC(Nc1ccc(C(N)=O)c(Br)c1)C(=O)O. The predicted octanol–water partition coefficient (Wildman–Crippen LogP) is 2.21. The number of hydrogen-bond donors (Lipinski definition) is 3. The molecule has 0 bridgehead atoms. The minimum absolute atomic E-state index is 0.364. The van der Waals surface area contributed by atoms with Crippen molar-refractivity contribution in [3.05, 3.63) is 28.2 Å². The lowest BCUT2D eigenvalue weighted by molar-refractivity contribution is -0.138. The smallest absolute Gasteiger partial charge is 0.326 e. The normalized spacial score (nSPS) is 11.9. The molecule has 0 aliphatic carbocycles. The molecule has 0 aliphatic heterocycles. The summed E-state index contributed by atoms with van der Waals surface area (Å²) in [5, 5.41) is 11.9. The van der Waals surface area contributed by atoms with E-state index in [2.05, 4.69) is 21.2 Å². The van der Waals surface area contributed by atoms with E-state index in [1.54, 1.807) is 18.2 Å². The van der Waals surface area contributed by atoms with Gasteiger partial charge in [-0.3, -0.25) is 4.79 Å². The molecule has 6 heteroatoms. The second kappa shape index (κ2) is 6.39. The first-order chi connectivity index (χ1) is 8.45. The molecule has 0 aliphatic rings. The minimum atomic E-state index is -0.896. The van der Waals surface area contributed by atoms with Crippen molar-refractivity contribution in [2.45, 2.75) is 25.8 Å². The molecule has 98 valence electrons. The van der Waals surface area contributed by atoms with Crippen molar-refractivity contribution in [3.63, 3.8) is 0 Å². The zero-order valence-corrected chi connectivity index (χ0v) is 11.5. The molecular weight excluding hydrogens is 300 g/mol. The van der Waals surface area contributed by atoms with Gasteiger partial charge in [-0.15, -0.1) is 0 Å². The molecule has 1 atom stereocenters. The summed E-state index contributed by atoms with van der Waals surface area (Å²) in [5.74, 6) is -1.43. The number of carboxylic acids is 1.